The highest BCUT2D eigenvalue weighted by Crippen LogP contribution is 2.38. The molecule has 5 atom stereocenters. The van der Waals surface area contributed by atoms with E-state index in [0.717, 1.165) is 0 Å². The summed E-state index contributed by atoms with van der Waals surface area (Å²) < 4.78 is 15.9. The fourth-order valence-corrected chi connectivity index (χ4v) is 4.13. The lowest BCUT2D eigenvalue weighted by molar-refractivity contribution is -0.278. The van der Waals surface area contributed by atoms with Gasteiger partial charge in [0.2, 0.25) is 12.1 Å². The minimum Gasteiger partial charge on any atom is -0.507 e. The van der Waals surface area contributed by atoms with Crippen LogP contribution in [0.4, 0.5) is 0 Å². The van der Waals surface area contributed by atoms with Crippen LogP contribution < -0.4 is 4.74 Å². The number of esters is 1. The number of benzene rings is 2. The van der Waals surface area contributed by atoms with Gasteiger partial charge >= 0.3 is 11.9 Å². The first-order valence-corrected chi connectivity index (χ1v) is 10.8. The topological polar surface area (TPSA) is 197 Å². The number of hydrogen-bond acceptors (Lipinski definition) is 11. The van der Waals surface area contributed by atoms with Gasteiger partial charge in [0.15, 0.2) is 5.78 Å². The van der Waals surface area contributed by atoms with E-state index < -0.39 is 67.2 Å². The number of ether oxygens (including phenoxy) is 3. The van der Waals surface area contributed by atoms with E-state index >= 15 is 0 Å². The van der Waals surface area contributed by atoms with Gasteiger partial charge in [-0.05, 0) is 30.7 Å². The molecule has 12 nitrogen and oxygen atoms in total. The molecule has 5 N–H and O–H groups in total. The first kappa shape index (κ1) is 25.3. The Morgan fingerprint density at radius 1 is 0.972 bits per heavy atom. The molecule has 0 amide bonds. The Hall–Kier alpha value is -3.84. The SMILES string of the molecule is Cc1cc(O)c2c(c1)C(=O)c1cccc(O[C@@H]3O[C@@H](COC(=O)CC(=O)O)[C@@H](O)[C@@H](O)[C@@H]3O)c1C2=O. The van der Waals surface area contributed by atoms with Crippen LogP contribution in [0.15, 0.2) is 30.3 Å². The molecule has 0 aromatic heterocycles. The van der Waals surface area contributed by atoms with Crippen LogP contribution in [0.5, 0.6) is 11.5 Å². The summed E-state index contributed by atoms with van der Waals surface area (Å²) in [5.74, 6) is -4.39. The van der Waals surface area contributed by atoms with E-state index in [1.54, 1.807) is 6.92 Å². The Morgan fingerprint density at radius 3 is 2.39 bits per heavy atom. The molecule has 2 aromatic rings. The summed E-state index contributed by atoms with van der Waals surface area (Å²) in [5, 5.41) is 49.8. The fourth-order valence-electron chi connectivity index (χ4n) is 4.13. The summed E-state index contributed by atoms with van der Waals surface area (Å²) in [7, 11) is 0. The van der Waals surface area contributed by atoms with Gasteiger partial charge in [-0.25, -0.2) is 0 Å². The van der Waals surface area contributed by atoms with Crippen molar-refractivity contribution in [3.05, 3.63) is 58.1 Å². The van der Waals surface area contributed by atoms with Crippen molar-refractivity contribution in [3.8, 4) is 11.5 Å². The first-order valence-electron chi connectivity index (χ1n) is 10.8. The molecule has 1 aliphatic heterocycles. The van der Waals surface area contributed by atoms with E-state index in [2.05, 4.69) is 0 Å². The van der Waals surface area contributed by atoms with Crippen LogP contribution in [0, 0.1) is 6.92 Å². The lowest BCUT2D eigenvalue weighted by atomic mass is 9.82. The monoisotopic (exact) mass is 502 g/mol. The van der Waals surface area contributed by atoms with E-state index in [4.69, 9.17) is 19.3 Å². The molecule has 36 heavy (non-hydrogen) atoms. The minimum absolute atomic E-state index is 0.0139. The molecule has 2 aliphatic rings. The number of ketones is 2. The van der Waals surface area contributed by atoms with Gasteiger partial charge in [0, 0.05) is 11.1 Å². The zero-order chi connectivity index (χ0) is 26.3. The van der Waals surface area contributed by atoms with Crippen molar-refractivity contribution in [1.82, 2.24) is 0 Å². The van der Waals surface area contributed by atoms with Gasteiger partial charge in [-0.1, -0.05) is 12.1 Å². The van der Waals surface area contributed by atoms with Gasteiger partial charge in [0.25, 0.3) is 0 Å². The Labute approximate surface area is 203 Å². The number of aliphatic carboxylic acids is 1. The number of aryl methyl sites for hydroxylation is 1. The van der Waals surface area contributed by atoms with Gasteiger partial charge in [0.1, 0.15) is 48.9 Å². The number of hydrogen-bond donors (Lipinski definition) is 5. The van der Waals surface area contributed by atoms with Gasteiger partial charge in [-0.3, -0.25) is 19.2 Å². The van der Waals surface area contributed by atoms with Crippen LogP contribution in [-0.4, -0.2) is 86.4 Å². The molecule has 1 saturated heterocycles. The summed E-state index contributed by atoms with van der Waals surface area (Å²) in [4.78, 5) is 48.5. The number of carboxylic acid groups (broad SMARTS) is 1. The second-order valence-corrected chi connectivity index (χ2v) is 8.43. The number of fused-ring (bicyclic) bond motifs is 2. The zero-order valence-electron chi connectivity index (χ0n) is 18.8. The predicted molar refractivity (Wildman–Crippen MR) is 117 cm³/mol. The number of aliphatic hydroxyl groups excluding tert-OH is 3. The predicted octanol–water partition coefficient (Wildman–Crippen LogP) is -0.320. The molecule has 0 saturated carbocycles. The standard InChI is InChI=1S/C24H22O12/c1-9-5-11-17(12(25)6-9)21(31)18-10(19(11)29)3-2-4-13(18)35-24-23(33)22(32)20(30)14(36-24)8-34-16(28)7-15(26)27/h2-6,14,20,22-25,30,32-33H,7-8H2,1H3,(H,26,27)/t14-,20+,22+,23-,24+/m0/s1. The van der Waals surface area contributed by atoms with Crippen molar-refractivity contribution in [2.45, 2.75) is 44.1 Å². The molecule has 0 unspecified atom stereocenters. The number of aromatic hydroxyl groups is 1. The van der Waals surface area contributed by atoms with Crippen LogP contribution in [0.1, 0.15) is 43.8 Å². The lowest BCUT2D eigenvalue weighted by Crippen LogP contribution is -2.60. The summed E-state index contributed by atoms with van der Waals surface area (Å²) in [5.41, 5.74) is 0.176. The number of aliphatic hydroxyl groups is 3. The molecular formula is C24H22O12. The molecule has 190 valence electrons. The van der Waals surface area contributed by atoms with E-state index in [-0.39, 0.29) is 33.8 Å². The third kappa shape index (κ3) is 4.54. The minimum atomic E-state index is -1.82. The van der Waals surface area contributed by atoms with Crippen LogP contribution in [0.2, 0.25) is 0 Å². The molecule has 0 bridgehead atoms. The molecule has 0 radical (unpaired) electrons. The Morgan fingerprint density at radius 2 is 1.69 bits per heavy atom. The Balaban J connectivity index is 1.61. The number of phenolic OH excluding ortho intramolecular Hbond substituents is 1. The summed E-state index contributed by atoms with van der Waals surface area (Å²) in [6.45, 7) is 0.992. The van der Waals surface area contributed by atoms with Crippen LogP contribution in [0.3, 0.4) is 0 Å². The summed E-state index contributed by atoms with van der Waals surface area (Å²) in [6, 6.07) is 6.95. The van der Waals surface area contributed by atoms with Gasteiger partial charge in [0.05, 0.1) is 11.1 Å². The van der Waals surface area contributed by atoms with Crippen molar-refractivity contribution in [3.63, 3.8) is 0 Å². The van der Waals surface area contributed by atoms with Crippen molar-refractivity contribution < 1.29 is 58.9 Å². The zero-order valence-corrected chi connectivity index (χ0v) is 18.8. The quantitative estimate of drug-likeness (QED) is 0.218. The molecule has 1 aliphatic carbocycles. The van der Waals surface area contributed by atoms with Crippen LogP contribution >= 0.6 is 0 Å². The van der Waals surface area contributed by atoms with Crippen LogP contribution in [0.25, 0.3) is 0 Å². The Bertz CT molecular complexity index is 1250. The largest absolute Gasteiger partial charge is 0.507 e. The number of phenols is 1. The maximum absolute atomic E-state index is 13.3. The highest BCUT2D eigenvalue weighted by Gasteiger charge is 2.46. The lowest BCUT2D eigenvalue weighted by Gasteiger charge is -2.40. The molecular weight excluding hydrogens is 480 g/mol. The van der Waals surface area contributed by atoms with E-state index in [9.17, 15) is 39.6 Å². The molecule has 4 rings (SSSR count). The number of carbonyl (C=O) groups excluding carboxylic acids is 3. The molecule has 1 fully saturated rings. The van der Waals surface area contributed by atoms with Gasteiger partial charge < -0.3 is 39.7 Å². The van der Waals surface area contributed by atoms with E-state index in [1.165, 1.54) is 30.3 Å². The normalized spacial score (nSPS) is 25.1. The van der Waals surface area contributed by atoms with Crippen molar-refractivity contribution >= 4 is 23.5 Å². The fraction of sp³-hybridized carbons (Fsp3) is 0.333. The summed E-state index contributed by atoms with van der Waals surface area (Å²) >= 11 is 0. The van der Waals surface area contributed by atoms with Crippen molar-refractivity contribution in [1.29, 1.82) is 0 Å². The third-order valence-electron chi connectivity index (χ3n) is 5.85. The van der Waals surface area contributed by atoms with Crippen LogP contribution in [-0.2, 0) is 19.1 Å². The second kappa shape index (κ2) is 9.66. The second-order valence-electron chi connectivity index (χ2n) is 8.43. The van der Waals surface area contributed by atoms with E-state index in [1.807, 2.05) is 0 Å². The molecule has 12 heteroatoms. The number of rotatable bonds is 6. The number of carboxylic acids is 1. The Kier molecular flexibility index (Phi) is 6.78. The smallest absolute Gasteiger partial charge is 0.317 e. The van der Waals surface area contributed by atoms with E-state index in [0.29, 0.717) is 5.56 Å². The van der Waals surface area contributed by atoms with Crippen molar-refractivity contribution in [2.75, 3.05) is 6.61 Å². The molecule has 0 spiro atoms. The third-order valence-corrected chi connectivity index (χ3v) is 5.85. The highest BCUT2D eigenvalue weighted by atomic mass is 16.7. The average molecular weight is 502 g/mol. The maximum Gasteiger partial charge on any atom is 0.317 e. The number of carbonyl (C=O) groups is 4. The maximum atomic E-state index is 13.3. The average Bonchev–Trinajstić information content (AvgIpc) is 2.81. The molecule has 2 aromatic carbocycles. The summed E-state index contributed by atoms with van der Waals surface area (Å²) in [6.07, 6.45) is -9.41. The molecule has 1 heterocycles. The van der Waals surface area contributed by atoms with Crippen molar-refractivity contribution in [2.24, 2.45) is 0 Å². The highest BCUT2D eigenvalue weighted by molar-refractivity contribution is 6.30. The first-order chi connectivity index (χ1) is 17.0. The van der Waals surface area contributed by atoms with Gasteiger partial charge in [-0.2, -0.15) is 0 Å². The van der Waals surface area contributed by atoms with Gasteiger partial charge in [-0.15, -0.1) is 0 Å².